The second-order valence-electron chi connectivity index (χ2n) is 18.0. The molecule has 2 nitrogen and oxygen atoms in total. The van der Waals surface area contributed by atoms with E-state index in [0.717, 1.165) is 67.0 Å². The van der Waals surface area contributed by atoms with E-state index < -0.39 is 46.6 Å². The molecule has 2 heterocycles. The maximum atomic E-state index is 9.05. The monoisotopic (exact) mass is 986 g/mol. The number of hydrogen-bond donors (Lipinski definition) is 0. The van der Waals surface area contributed by atoms with Crippen LogP contribution in [0.4, 0.5) is 0 Å². The van der Waals surface area contributed by atoms with Crippen LogP contribution in [-0.2, 0) is 20.1 Å². The number of nitrogens with zero attached hydrogens (tertiary/aromatic N) is 2. The number of aryl methyl sites for hydroxylation is 1. The molecule has 307 valence electrons. The van der Waals surface area contributed by atoms with Crippen molar-refractivity contribution < 1.29 is 29.7 Å². The molecule has 0 fully saturated rings. The Hall–Kier alpha value is -3.74. The van der Waals surface area contributed by atoms with Gasteiger partial charge in [0.25, 0.3) is 0 Å². The third-order valence-electron chi connectivity index (χ3n) is 10.4. The Balaban J connectivity index is 0.000000368. The molecule has 0 aliphatic carbocycles. The van der Waals surface area contributed by atoms with Crippen molar-refractivity contribution in [3.63, 3.8) is 0 Å². The van der Waals surface area contributed by atoms with Crippen molar-refractivity contribution in [2.75, 3.05) is 0 Å². The molecule has 0 saturated heterocycles. The quantitative estimate of drug-likeness (QED) is 0.101. The Bertz CT molecular complexity index is 2430. The molecule has 0 aliphatic heterocycles. The second kappa shape index (κ2) is 19.6. The zero-order chi connectivity index (χ0) is 48.0. The van der Waals surface area contributed by atoms with Crippen molar-refractivity contribution in [3.05, 3.63) is 143 Å². The largest absolute Gasteiger partial charge is 0.305 e. The van der Waals surface area contributed by atoms with Gasteiger partial charge in [-0.25, -0.2) is 0 Å². The summed E-state index contributed by atoms with van der Waals surface area (Å²) in [5.74, 6) is -3.33. The SMILES string of the molecule is [2H]C(C)(C)c1cccc(C([2H])(C)C)c1-c1c[c-]c(-c2ccc(-c3c(C([2H])(C)C)cc([Si](C)(C)C)cc3C([2H])(C)C)cn2)cc1.[2H]C([2H])([2H])c1c[c-]c(-c2ccc([Si](C)(C)C)cn2)cc1.[Ir]. The first-order valence-corrected chi connectivity index (χ1v) is 27.0. The molecule has 58 heavy (non-hydrogen) atoms. The molecule has 0 spiro atoms. The summed E-state index contributed by atoms with van der Waals surface area (Å²) in [4.78, 5) is 9.32. The Labute approximate surface area is 377 Å². The van der Waals surface area contributed by atoms with Gasteiger partial charge < -0.3 is 9.97 Å². The van der Waals surface area contributed by atoms with E-state index in [1.807, 2.05) is 116 Å². The van der Waals surface area contributed by atoms with Gasteiger partial charge in [0.2, 0.25) is 0 Å². The smallest absolute Gasteiger partial charge is 0.0795 e. The fraction of sp³-hybridized carbons (Fsp3) is 0.358. The normalized spacial score (nSPS) is 14.6. The van der Waals surface area contributed by atoms with Crippen molar-refractivity contribution in [1.29, 1.82) is 0 Å². The van der Waals surface area contributed by atoms with Gasteiger partial charge in [-0.15, -0.1) is 65.2 Å². The molecule has 0 aliphatic rings. The van der Waals surface area contributed by atoms with Crippen LogP contribution in [0.1, 0.15) is 116 Å². The van der Waals surface area contributed by atoms with Gasteiger partial charge in [-0.05, 0) is 73.5 Å². The predicted molar refractivity (Wildman–Crippen MR) is 255 cm³/mol. The summed E-state index contributed by atoms with van der Waals surface area (Å²) >= 11 is 0. The average molecular weight is 987 g/mol. The van der Waals surface area contributed by atoms with Crippen LogP contribution < -0.4 is 10.4 Å². The Morgan fingerprint density at radius 3 is 1.36 bits per heavy atom. The van der Waals surface area contributed by atoms with Crippen molar-refractivity contribution in [2.24, 2.45) is 0 Å². The van der Waals surface area contributed by atoms with Crippen LogP contribution in [0.15, 0.2) is 103 Å². The molecule has 0 saturated carbocycles. The van der Waals surface area contributed by atoms with Crippen LogP contribution in [0, 0.1) is 19.0 Å². The van der Waals surface area contributed by atoms with Crippen LogP contribution in [0.5, 0.6) is 0 Å². The van der Waals surface area contributed by atoms with Crippen molar-refractivity contribution in [2.45, 2.75) is 125 Å². The Morgan fingerprint density at radius 1 is 0.517 bits per heavy atom. The van der Waals surface area contributed by atoms with Crippen molar-refractivity contribution in [1.82, 2.24) is 9.97 Å². The van der Waals surface area contributed by atoms with Crippen LogP contribution >= 0.6 is 0 Å². The molecule has 0 bridgehead atoms. The first-order valence-electron chi connectivity index (χ1n) is 23.5. The van der Waals surface area contributed by atoms with Gasteiger partial charge in [0, 0.05) is 42.1 Å². The summed E-state index contributed by atoms with van der Waals surface area (Å²) in [6.07, 6.45) is 3.79. The fourth-order valence-electron chi connectivity index (χ4n) is 6.89. The van der Waals surface area contributed by atoms with Gasteiger partial charge in [-0.3, -0.25) is 0 Å². The molecule has 2 aromatic heterocycles. The third-order valence-corrected chi connectivity index (χ3v) is 14.4. The topological polar surface area (TPSA) is 25.8 Å². The number of rotatable bonds is 10. The summed E-state index contributed by atoms with van der Waals surface area (Å²) in [6, 6.07) is 35.8. The van der Waals surface area contributed by atoms with E-state index >= 15 is 0 Å². The minimum Gasteiger partial charge on any atom is -0.305 e. The van der Waals surface area contributed by atoms with Crippen LogP contribution in [0.2, 0.25) is 39.3 Å². The number of aromatic nitrogens is 2. The molecule has 0 unspecified atom stereocenters. The molecule has 6 rings (SSSR count). The van der Waals surface area contributed by atoms with E-state index in [9.17, 15) is 0 Å². The molecule has 1 radical (unpaired) electrons. The van der Waals surface area contributed by atoms with Crippen LogP contribution in [0.25, 0.3) is 44.8 Å². The number of hydrogen-bond acceptors (Lipinski definition) is 2. The molecular weight excluding hydrogens is 913 g/mol. The number of benzene rings is 4. The third kappa shape index (κ3) is 11.3. The van der Waals surface area contributed by atoms with E-state index in [1.165, 1.54) is 16.4 Å². The maximum absolute atomic E-state index is 9.05. The minimum absolute atomic E-state index is 0. The summed E-state index contributed by atoms with van der Waals surface area (Å²) in [7, 11) is -3.03. The molecule has 6 aromatic rings. The molecule has 5 heteroatoms. The molecule has 4 aromatic carbocycles. The van der Waals surface area contributed by atoms with Gasteiger partial charge >= 0.3 is 0 Å². The Morgan fingerprint density at radius 2 is 0.983 bits per heavy atom. The number of pyridine rings is 2. The summed E-state index contributed by atoms with van der Waals surface area (Å²) in [5, 5.41) is 2.57. The summed E-state index contributed by atoms with van der Waals surface area (Å²) in [5.41, 5.74) is 10.9. The molecule has 0 N–H and O–H groups in total. The zero-order valence-electron chi connectivity index (χ0n) is 44.0. The van der Waals surface area contributed by atoms with E-state index in [1.54, 1.807) is 12.1 Å². The molecule has 0 atom stereocenters. The van der Waals surface area contributed by atoms with E-state index in [-0.39, 0.29) is 20.1 Å². The van der Waals surface area contributed by atoms with Crippen molar-refractivity contribution in [3.8, 4) is 44.8 Å². The fourth-order valence-corrected chi connectivity index (χ4v) is 9.08. The first-order chi connectivity index (χ1) is 29.2. The van der Waals surface area contributed by atoms with Gasteiger partial charge in [0.1, 0.15) is 0 Å². The van der Waals surface area contributed by atoms with Gasteiger partial charge in [0.15, 0.2) is 0 Å². The average Bonchev–Trinajstić information content (AvgIpc) is 3.18. The second-order valence-corrected chi connectivity index (χ2v) is 28.2. The Kier molecular flexibility index (Phi) is 12.6. The zero-order valence-corrected chi connectivity index (χ0v) is 41.4. The van der Waals surface area contributed by atoms with Crippen LogP contribution in [-0.4, -0.2) is 26.1 Å². The van der Waals surface area contributed by atoms with Crippen molar-refractivity contribution >= 4 is 26.5 Å². The molecule has 0 amide bonds. The van der Waals surface area contributed by atoms with E-state index in [4.69, 9.17) is 14.6 Å². The summed E-state index contributed by atoms with van der Waals surface area (Å²) in [6.45, 7) is 26.9. The van der Waals surface area contributed by atoms with E-state index in [2.05, 4.69) is 80.7 Å². The molecular formula is C53H66IrN2Si2-2. The van der Waals surface area contributed by atoms with E-state index in [0.29, 0.717) is 5.56 Å². The summed E-state index contributed by atoms with van der Waals surface area (Å²) < 4.78 is 57.7. The standard InChI is InChI=1S/C38H48NSi.C15H18NSi.Ir/c1-24(2)32-13-12-14-33(25(3)4)37(32)29-17-15-28(16-18-29)36-20-19-30(23-39-36)38-34(26(5)6)21-31(40(9,10)11)22-35(38)27(7)8;1-12-5-7-13(8-6-12)15-10-9-14(11-16-15)17(2,3)4;/h12-15,17-27H,1-11H3;5-7,9-11H,1-4H3;/q2*-1;/i24D,25D,26D,27D;1D3;. The van der Waals surface area contributed by atoms with Gasteiger partial charge in [-0.1, -0.05) is 172 Å². The maximum Gasteiger partial charge on any atom is 0.0795 e. The predicted octanol–water partition coefficient (Wildman–Crippen LogP) is 14.3. The van der Waals surface area contributed by atoms with Gasteiger partial charge in [-0.2, -0.15) is 0 Å². The van der Waals surface area contributed by atoms with Crippen LogP contribution in [0.3, 0.4) is 0 Å². The minimum atomic E-state index is -2.08. The first kappa shape index (κ1) is 37.3. The van der Waals surface area contributed by atoms with Gasteiger partial charge in [0.05, 0.1) is 16.1 Å².